The van der Waals surface area contributed by atoms with Crippen LogP contribution in [0.2, 0.25) is 10.0 Å². The van der Waals surface area contributed by atoms with Crippen LogP contribution in [0.4, 0.5) is 5.69 Å². The summed E-state index contributed by atoms with van der Waals surface area (Å²) in [5.74, 6) is 0.655. The van der Waals surface area contributed by atoms with E-state index in [9.17, 15) is 0 Å². The molecule has 1 aliphatic heterocycles. The quantitative estimate of drug-likeness (QED) is 0.907. The summed E-state index contributed by atoms with van der Waals surface area (Å²) in [4.78, 5) is 0. The lowest BCUT2D eigenvalue weighted by atomic mass is 10.2. The predicted octanol–water partition coefficient (Wildman–Crippen LogP) is 3.20. The Morgan fingerprint density at radius 3 is 3.06 bits per heavy atom. The van der Waals surface area contributed by atoms with Gasteiger partial charge >= 0.3 is 0 Å². The summed E-state index contributed by atoms with van der Waals surface area (Å²) < 4.78 is 11.1. The number of rotatable bonds is 3. The summed E-state index contributed by atoms with van der Waals surface area (Å²) in [5.41, 5.74) is 0.838. The third kappa shape index (κ3) is 2.54. The molecule has 1 heterocycles. The first-order chi connectivity index (χ1) is 7.70. The van der Waals surface area contributed by atoms with Crippen molar-refractivity contribution in [3.05, 3.63) is 22.2 Å². The largest absolute Gasteiger partial charge is 0.482 e. The van der Waals surface area contributed by atoms with Crippen LogP contribution in [0.5, 0.6) is 5.75 Å². The highest BCUT2D eigenvalue weighted by molar-refractivity contribution is 6.36. The van der Waals surface area contributed by atoms with Crippen molar-refractivity contribution < 1.29 is 9.47 Å². The van der Waals surface area contributed by atoms with Crippen molar-refractivity contribution in [3.63, 3.8) is 0 Å². The van der Waals surface area contributed by atoms with Crippen LogP contribution in [0.3, 0.4) is 0 Å². The summed E-state index contributed by atoms with van der Waals surface area (Å²) in [6.45, 7) is 3.89. The molecule has 0 saturated heterocycles. The second kappa shape index (κ2) is 5.13. The van der Waals surface area contributed by atoms with Crippen molar-refractivity contribution in [1.82, 2.24) is 0 Å². The molecule has 1 aromatic rings. The van der Waals surface area contributed by atoms with E-state index in [1.165, 1.54) is 0 Å². The maximum absolute atomic E-state index is 6.06. The van der Waals surface area contributed by atoms with Crippen molar-refractivity contribution in [2.24, 2.45) is 0 Å². The van der Waals surface area contributed by atoms with Gasteiger partial charge in [0.15, 0.2) is 5.75 Å². The molecule has 1 N–H and O–H groups in total. The first-order valence-electron chi connectivity index (χ1n) is 5.18. The average Bonchev–Trinajstić information content (AvgIpc) is 2.26. The number of anilines is 1. The SMILES string of the molecule is CCOCC1CNc2cc(Cl)cc(Cl)c2O1. The fourth-order valence-electron chi connectivity index (χ4n) is 1.59. The summed E-state index contributed by atoms with van der Waals surface area (Å²) in [6, 6.07) is 3.48. The van der Waals surface area contributed by atoms with Crippen LogP contribution in [-0.4, -0.2) is 25.9 Å². The second-order valence-electron chi connectivity index (χ2n) is 3.54. The lowest BCUT2D eigenvalue weighted by molar-refractivity contribution is 0.0599. The molecular weight excluding hydrogens is 249 g/mol. The van der Waals surface area contributed by atoms with Gasteiger partial charge < -0.3 is 14.8 Å². The van der Waals surface area contributed by atoms with E-state index < -0.39 is 0 Å². The zero-order chi connectivity index (χ0) is 11.5. The molecule has 0 spiro atoms. The minimum Gasteiger partial charge on any atom is -0.482 e. The van der Waals surface area contributed by atoms with E-state index in [1.807, 2.05) is 6.92 Å². The molecule has 0 aromatic heterocycles. The lowest BCUT2D eigenvalue weighted by Crippen LogP contribution is -2.34. The molecule has 3 nitrogen and oxygen atoms in total. The molecule has 0 amide bonds. The van der Waals surface area contributed by atoms with E-state index in [0.29, 0.717) is 35.6 Å². The fourth-order valence-corrected chi connectivity index (χ4v) is 2.12. The first kappa shape index (κ1) is 11.8. The standard InChI is InChI=1S/C11H13Cl2NO2/c1-2-15-6-8-5-14-10-4-7(12)3-9(13)11(10)16-8/h3-4,8,14H,2,5-6H2,1H3. The Kier molecular flexibility index (Phi) is 3.79. The van der Waals surface area contributed by atoms with Gasteiger partial charge in [-0.2, -0.15) is 0 Å². The topological polar surface area (TPSA) is 30.5 Å². The number of fused-ring (bicyclic) bond motifs is 1. The zero-order valence-corrected chi connectivity index (χ0v) is 10.4. The number of hydrogen-bond acceptors (Lipinski definition) is 3. The number of ether oxygens (including phenoxy) is 2. The highest BCUT2D eigenvalue weighted by Crippen LogP contribution is 2.38. The molecule has 1 aliphatic rings. The van der Waals surface area contributed by atoms with Crippen molar-refractivity contribution in [1.29, 1.82) is 0 Å². The van der Waals surface area contributed by atoms with Crippen LogP contribution >= 0.6 is 23.2 Å². The maximum Gasteiger partial charge on any atom is 0.161 e. The number of benzene rings is 1. The van der Waals surface area contributed by atoms with E-state index in [-0.39, 0.29) is 6.10 Å². The second-order valence-corrected chi connectivity index (χ2v) is 4.39. The third-order valence-electron chi connectivity index (χ3n) is 2.32. The molecule has 0 bridgehead atoms. The maximum atomic E-state index is 6.06. The highest BCUT2D eigenvalue weighted by Gasteiger charge is 2.22. The van der Waals surface area contributed by atoms with Gasteiger partial charge in [0.05, 0.1) is 23.9 Å². The molecule has 0 radical (unpaired) electrons. The Morgan fingerprint density at radius 1 is 1.50 bits per heavy atom. The van der Waals surface area contributed by atoms with Crippen molar-refractivity contribution >= 4 is 28.9 Å². The van der Waals surface area contributed by atoms with Gasteiger partial charge in [-0.1, -0.05) is 23.2 Å². The smallest absolute Gasteiger partial charge is 0.161 e. The molecule has 1 aromatic carbocycles. The molecule has 16 heavy (non-hydrogen) atoms. The summed E-state index contributed by atoms with van der Waals surface area (Å²) in [5, 5.41) is 4.35. The Labute approximate surface area is 105 Å². The molecule has 0 fully saturated rings. The molecule has 0 aliphatic carbocycles. The molecule has 5 heteroatoms. The lowest BCUT2D eigenvalue weighted by Gasteiger charge is -2.28. The zero-order valence-electron chi connectivity index (χ0n) is 8.93. The summed E-state index contributed by atoms with van der Waals surface area (Å²) >= 11 is 12.0. The molecule has 2 rings (SSSR count). The van der Waals surface area contributed by atoms with Crippen LogP contribution in [0.15, 0.2) is 12.1 Å². The molecule has 0 saturated carbocycles. The Hall–Kier alpha value is -0.640. The van der Waals surface area contributed by atoms with Gasteiger partial charge in [0.25, 0.3) is 0 Å². The van der Waals surface area contributed by atoms with E-state index in [0.717, 1.165) is 5.69 Å². The minimum absolute atomic E-state index is 0.00822. The number of halogens is 2. The van der Waals surface area contributed by atoms with Gasteiger partial charge in [0.2, 0.25) is 0 Å². The average molecular weight is 262 g/mol. The predicted molar refractivity (Wildman–Crippen MR) is 65.9 cm³/mol. The monoisotopic (exact) mass is 261 g/mol. The fraction of sp³-hybridized carbons (Fsp3) is 0.455. The van der Waals surface area contributed by atoms with Gasteiger partial charge in [0, 0.05) is 11.6 Å². The highest BCUT2D eigenvalue weighted by atomic mass is 35.5. The summed E-state index contributed by atoms with van der Waals surface area (Å²) in [6.07, 6.45) is -0.00822. The van der Waals surface area contributed by atoms with E-state index in [1.54, 1.807) is 12.1 Å². The van der Waals surface area contributed by atoms with Gasteiger partial charge in [-0.15, -0.1) is 0 Å². The van der Waals surface area contributed by atoms with Crippen molar-refractivity contribution in [2.75, 3.05) is 25.1 Å². The normalized spacial score (nSPS) is 18.6. The molecular formula is C11H13Cl2NO2. The van der Waals surface area contributed by atoms with Crippen molar-refractivity contribution in [3.8, 4) is 5.75 Å². The molecule has 88 valence electrons. The number of nitrogens with one attached hydrogen (secondary N) is 1. The first-order valence-corrected chi connectivity index (χ1v) is 5.93. The Morgan fingerprint density at radius 2 is 2.31 bits per heavy atom. The van der Waals surface area contributed by atoms with Crippen LogP contribution in [0.25, 0.3) is 0 Å². The van der Waals surface area contributed by atoms with Crippen LogP contribution < -0.4 is 10.1 Å². The van der Waals surface area contributed by atoms with Gasteiger partial charge in [0.1, 0.15) is 6.10 Å². The van der Waals surface area contributed by atoms with Crippen molar-refractivity contribution in [2.45, 2.75) is 13.0 Å². The van der Waals surface area contributed by atoms with Crippen LogP contribution in [0, 0.1) is 0 Å². The van der Waals surface area contributed by atoms with Crippen LogP contribution in [-0.2, 0) is 4.74 Å². The van der Waals surface area contributed by atoms with E-state index >= 15 is 0 Å². The Bertz CT molecular complexity index is 384. The third-order valence-corrected chi connectivity index (χ3v) is 2.82. The van der Waals surface area contributed by atoms with Gasteiger partial charge in [-0.25, -0.2) is 0 Å². The van der Waals surface area contributed by atoms with Gasteiger partial charge in [-0.3, -0.25) is 0 Å². The van der Waals surface area contributed by atoms with Gasteiger partial charge in [-0.05, 0) is 19.1 Å². The number of hydrogen-bond donors (Lipinski definition) is 1. The molecule has 1 unspecified atom stereocenters. The van der Waals surface area contributed by atoms with E-state index in [4.69, 9.17) is 32.7 Å². The Balaban J connectivity index is 2.14. The minimum atomic E-state index is -0.00822. The molecule has 1 atom stereocenters. The van der Waals surface area contributed by atoms with Crippen LogP contribution in [0.1, 0.15) is 6.92 Å². The van der Waals surface area contributed by atoms with E-state index in [2.05, 4.69) is 5.32 Å². The summed E-state index contributed by atoms with van der Waals surface area (Å²) in [7, 11) is 0.